The number of hydrogen-bond donors (Lipinski definition) is 2. The molecule has 1 amide bonds. The molecule has 0 rings (SSSR count). The van der Waals surface area contributed by atoms with Crippen molar-refractivity contribution in [2.45, 2.75) is 354 Å². The second kappa shape index (κ2) is 67.8. The maximum Gasteiger partial charge on any atom is 0.472 e. The number of likely N-dealkylation sites (N-methyl/N-ethyl adjacent to an activating group) is 1. The number of nitrogens with zero attached hydrogens (tertiary/aromatic N) is 1. The molecule has 0 aliphatic heterocycles. The van der Waals surface area contributed by atoms with Crippen LogP contribution in [0.3, 0.4) is 0 Å². The quantitative estimate of drug-likeness (QED) is 0.0205. The number of rotatable bonds is 68. The summed E-state index contributed by atoms with van der Waals surface area (Å²) in [6.07, 6.45) is 92.8. The molecule has 3 atom stereocenters. The number of phosphoric acid groups is 1. The highest BCUT2D eigenvalue weighted by Crippen LogP contribution is 2.43. The Balaban J connectivity index is 4.97. The average Bonchev–Trinajstić information content (AvgIpc) is 3.70. The van der Waals surface area contributed by atoms with Gasteiger partial charge in [0.15, 0.2) is 0 Å². The Morgan fingerprint density at radius 2 is 0.685 bits per heavy atom. The summed E-state index contributed by atoms with van der Waals surface area (Å²) in [6.45, 7) is 6.98. The zero-order valence-electron chi connectivity index (χ0n) is 59.2. The Bertz CT molecular complexity index is 1840. The second-order valence-electron chi connectivity index (χ2n) is 26.5. The first-order chi connectivity index (χ1) is 43.4. The van der Waals surface area contributed by atoms with E-state index in [9.17, 15) is 19.0 Å². The smallest absolute Gasteiger partial charge is 0.456 e. The molecule has 0 aromatic rings. The van der Waals surface area contributed by atoms with Crippen LogP contribution in [0.15, 0.2) is 97.2 Å². The van der Waals surface area contributed by atoms with E-state index in [0.29, 0.717) is 17.4 Å². The molecule has 3 unspecified atom stereocenters. The lowest BCUT2D eigenvalue weighted by atomic mass is 10.0. The highest BCUT2D eigenvalue weighted by molar-refractivity contribution is 7.47. The van der Waals surface area contributed by atoms with E-state index in [1.807, 2.05) is 33.3 Å². The second-order valence-corrected chi connectivity index (χ2v) is 27.9. The van der Waals surface area contributed by atoms with Crippen LogP contribution in [0.25, 0.3) is 0 Å². The predicted molar refractivity (Wildman–Crippen MR) is 387 cm³/mol. The van der Waals surface area contributed by atoms with Gasteiger partial charge in [0.25, 0.3) is 0 Å². The molecule has 0 aliphatic rings. The third-order valence-electron chi connectivity index (χ3n) is 16.5. The van der Waals surface area contributed by atoms with Crippen LogP contribution in [-0.4, -0.2) is 74.3 Å². The molecule has 9 nitrogen and oxygen atoms in total. The van der Waals surface area contributed by atoms with Crippen LogP contribution in [0.2, 0.25) is 0 Å². The van der Waals surface area contributed by atoms with Gasteiger partial charge in [-0.15, -0.1) is 0 Å². The van der Waals surface area contributed by atoms with Gasteiger partial charge >= 0.3 is 13.8 Å². The summed E-state index contributed by atoms with van der Waals surface area (Å²) >= 11 is 0. The summed E-state index contributed by atoms with van der Waals surface area (Å²) in [4.78, 5) is 38.0. The first-order valence-corrected chi connectivity index (χ1v) is 39.1. The normalized spacial score (nSPS) is 14.0. The van der Waals surface area contributed by atoms with Crippen molar-refractivity contribution in [1.29, 1.82) is 0 Å². The van der Waals surface area contributed by atoms with E-state index in [2.05, 4.69) is 111 Å². The highest BCUT2D eigenvalue weighted by Gasteiger charge is 2.30. The molecule has 0 saturated carbocycles. The number of carbonyl (C=O) groups excluding carboxylic acids is 2. The summed E-state index contributed by atoms with van der Waals surface area (Å²) in [5.41, 5.74) is 0. The SMILES string of the molecule is CCCCC/C=C\C/C=C\C/C=C\C/C=C\CCCCCCCCCCCCCC(=O)NC(COP(=O)(O)OCC[N+](C)(C)C)C(/C=C/CCCCCCCCCCC)OC(=O)CCCCCCCCCCCCCC/C=C\C/C=C\C/C=C\CCCCC. The summed E-state index contributed by atoms with van der Waals surface area (Å²) in [5, 5.41) is 3.07. The molecule has 0 saturated heterocycles. The molecule has 0 heterocycles. The molecule has 0 bridgehead atoms. The molecule has 0 aliphatic carbocycles. The zero-order valence-corrected chi connectivity index (χ0v) is 60.1. The number of carbonyl (C=O) groups is 2. The topological polar surface area (TPSA) is 111 Å². The zero-order chi connectivity index (χ0) is 64.9. The van der Waals surface area contributed by atoms with Crippen LogP contribution in [0.4, 0.5) is 0 Å². The monoisotopic (exact) mass is 1260 g/mol. The van der Waals surface area contributed by atoms with Crippen LogP contribution in [0.1, 0.15) is 342 Å². The van der Waals surface area contributed by atoms with Crippen molar-refractivity contribution in [2.75, 3.05) is 40.9 Å². The lowest BCUT2D eigenvalue weighted by molar-refractivity contribution is -0.870. The number of unbranched alkanes of at least 4 members (excludes halogenated alkanes) is 38. The van der Waals surface area contributed by atoms with E-state index >= 15 is 0 Å². The molecular formula is C79H144N2O7P+. The minimum atomic E-state index is -4.46. The number of nitrogens with one attached hydrogen (secondary N) is 1. The average molecular weight is 1270 g/mol. The van der Waals surface area contributed by atoms with Crippen molar-refractivity contribution in [3.63, 3.8) is 0 Å². The molecule has 0 fully saturated rings. The van der Waals surface area contributed by atoms with Gasteiger partial charge in [0.05, 0.1) is 33.8 Å². The molecular weight excluding hydrogens is 1120 g/mol. The molecule has 2 N–H and O–H groups in total. The van der Waals surface area contributed by atoms with Gasteiger partial charge in [0, 0.05) is 12.8 Å². The van der Waals surface area contributed by atoms with E-state index in [4.69, 9.17) is 13.8 Å². The van der Waals surface area contributed by atoms with Gasteiger partial charge in [-0.3, -0.25) is 18.6 Å². The van der Waals surface area contributed by atoms with Crippen molar-refractivity contribution < 1.29 is 37.3 Å². The van der Waals surface area contributed by atoms with Gasteiger partial charge in [-0.25, -0.2) is 4.57 Å². The van der Waals surface area contributed by atoms with Crippen LogP contribution < -0.4 is 5.32 Å². The number of allylic oxidation sites excluding steroid dienone is 15. The third-order valence-corrected chi connectivity index (χ3v) is 17.5. The van der Waals surface area contributed by atoms with E-state index in [1.165, 1.54) is 218 Å². The molecule has 0 radical (unpaired) electrons. The van der Waals surface area contributed by atoms with Gasteiger partial charge in [0.2, 0.25) is 5.91 Å². The maximum atomic E-state index is 13.6. The fraction of sp³-hybridized carbons (Fsp3) is 0.772. The Labute approximate surface area is 551 Å². The van der Waals surface area contributed by atoms with Crippen LogP contribution in [0.5, 0.6) is 0 Å². The Morgan fingerprint density at radius 1 is 0.393 bits per heavy atom. The standard InChI is InChI=1S/C79H143N2O7P/c1-7-10-13-16-19-22-25-27-29-31-33-35-37-39-40-42-43-45-47-49-51-53-56-59-62-65-68-71-78(82)80-76(75-87-89(84,85)86-74-73-81(4,5)6)77(70-67-64-61-58-55-24-21-18-15-12-9-3)88-79(83)72-69-66-63-60-57-54-52-50-48-46-44-41-38-36-34-32-30-28-26-23-20-17-14-11-8-2/h19-20,22-23,27-30,33-36,39-40,67,70,76-77H,7-18,21,24-26,31-32,37-38,41-66,68-69,71-75H2,1-6H3,(H-,80,82,84,85)/p+1/b22-19-,23-20-,29-27-,30-28-,35-33-,36-34-,40-39-,70-67+. The Kier molecular flexibility index (Phi) is 65.5. The summed E-state index contributed by atoms with van der Waals surface area (Å²) in [7, 11) is 1.49. The predicted octanol–water partition coefficient (Wildman–Crippen LogP) is 24.2. The fourth-order valence-electron chi connectivity index (χ4n) is 10.7. The number of esters is 1. The Morgan fingerprint density at radius 3 is 1.04 bits per heavy atom. The van der Waals surface area contributed by atoms with Gasteiger partial charge in [-0.2, -0.15) is 0 Å². The van der Waals surface area contributed by atoms with Crippen molar-refractivity contribution in [1.82, 2.24) is 5.32 Å². The first kappa shape index (κ1) is 85.9. The molecule has 0 spiro atoms. The van der Waals surface area contributed by atoms with E-state index in [0.717, 1.165) is 89.9 Å². The molecule has 0 aromatic carbocycles. The van der Waals surface area contributed by atoms with Crippen molar-refractivity contribution in [3.8, 4) is 0 Å². The summed E-state index contributed by atoms with van der Waals surface area (Å²) in [6, 6.07) is -0.856. The Hall–Kier alpha value is -3.07. The van der Waals surface area contributed by atoms with E-state index in [1.54, 1.807) is 0 Å². The number of hydrogen-bond acceptors (Lipinski definition) is 6. The van der Waals surface area contributed by atoms with Crippen LogP contribution in [0, 0.1) is 0 Å². The minimum Gasteiger partial charge on any atom is -0.456 e. The maximum absolute atomic E-state index is 13.6. The van der Waals surface area contributed by atoms with Crippen LogP contribution >= 0.6 is 7.82 Å². The third kappa shape index (κ3) is 69.1. The van der Waals surface area contributed by atoms with E-state index < -0.39 is 20.0 Å². The van der Waals surface area contributed by atoms with Gasteiger partial charge in [-0.05, 0) is 115 Å². The lowest BCUT2D eigenvalue weighted by Gasteiger charge is -2.27. The number of phosphoric ester groups is 1. The number of ether oxygens (including phenoxy) is 1. The van der Waals surface area contributed by atoms with Crippen molar-refractivity contribution in [2.24, 2.45) is 0 Å². The minimum absolute atomic E-state index is 0.0364. The van der Waals surface area contributed by atoms with Gasteiger partial charge in [0.1, 0.15) is 19.3 Å². The highest BCUT2D eigenvalue weighted by atomic mass is 31.2. The number of amides is 1. The van der Waals surface area contributed by atoms with Crippen LogP contribution in [-0.2, 0) is 27.9 Å². The number of quaternary nitrogens is 1. The lowest BCUT2D eigenvalue weighted by Crippen LogP contribution is -2.47. The molecule has 0 aromatic heterocycles. The van der Waals surface area contributed by atoms with Crippen molar-refractivity contribution >= 4 is 19.7 Å². The van der Waals surface area contributed by atoms with E-state index in [-0.39, 0.29) is 31.5 Å². The summed E-state index contributed by atoms with van der Waals surface area (Å²) in [5.74, 6) is -0.505. The van der Waals surface area contributed by atoms with Gasteiger partial charge < -0.3 is 19.4 Å². The largest absolute Gasteiger partial charge is 0.472 e. The molecule has 89 heavy (non-hydrogen) atoms. The van der Waals surface area contributed by atoms with Crippen molar-refractivity contribution in [3.05, 3.63) is 97.2 Å². The fourth-order valence-corrected chi connectivity index (χ4v) is 11.4. The molecule has 10 heteroatoms. The summed E-state index contributed by atoms with van der Waals surface area (Å²) < 4.78 is 30.9. The molecule has 516 valence electrons. The van der Waals surface area contributed by atoms with Gasteiger partial charge in [-0.1, -0.05) is 311 Å². The first-order valence-electron chi connectivity index (χ1n) is 37.6.